The number of pyridine rings is 1. The van der Waals surface area contributed by atoms with Gasteiger partial charge in [-0.3, -0.25) is 9.80 Å². The molecule has 3 heterocycles. The number of likely N-dealkylation sites (tertiary alicyclic amines) is 2. The molecule has 2 N–H and O–H groups in total. The predicted octanol–water partition coefficient (Wildman–Crippen LogP) is 4.19. The molecule has 31 heavy (non-hydrogen) atoms. The molecule has 2 unspecified atom stereocenters. The summed E-state index contributed by atoms with van der Waals surface area (Å²) in [7, 11) is 0. The van der Waals surface area contributed by atoms with E-state index in [2.05, 4.69) is 45.1 Å². The lowest BCUT2D eigenvalue weighted by molar-refractivity contribution is -0.0768. The molecule has 0 saturated carbocycles. The maximum absolute atomic E-state index is 6.66. The Morgan fingerprint density at radius 3 is 2.71 bits per heavy atom. The van der Waals surface area contributed by atoms with Gasteiger partial charge in [0.05, 0.1) is 12.2 Å². The highest BCUT2D eigenvalue weighted by Gasteiger charge is 2.32. The van der Waals surface area contributed by atoms with E-state index in [0.717, 1.165) is 39.0 Å². The van der Waals surface area contributed by atoms with E-state index < -0.39 is 0 Å². The average Bonchev–Trinajstić information content (AvgIpc) is 2.80. The van der Waals surface area contributed by atoms with Crippen molar-refractivity contribution >= 4 is 5.82 Å². The quantitative estimate of drug-likeness (QED) is 0.786. The van der Waals surface area contributed by atoms with Crippen molar-refractivity contribution in [2.24, 2.45) is 0 Å². The fraction of sp³-hybridized carbons (Fsp3) is 0.577. The molecule has 0 amide bonds. The Balaban J connectivity index is 1.12. The van der Waals surface area contributed by atoms with Crippen molar-refractivity contribution in [1.29, 1.82) is 0 Å². The third-order valence-corrected chi connectivity index (χ3v) is 7.36. The van der Waals surface area contributed by atoms with Crippen LogP contribution in [0.25, 0.3) is 0 Å². The van der Waals surface area contributed by atoms with Gasteiger partial charge in [-0.05, 0) is 80.3 Å². The number of rotatable bonds is 5. The van der Waals surface area contributed by atoms with E-state index >= 15 is 0 Å². The van der Waals surface area contributed by atoms with Gasteiger partial charge in [-0.25, -0.2) is 4.98 Å². The number of nitrogens with zero attached hydrogens (tertiary/aromatic N) is 3. The van der Waals surface area contributed by atoms with Crippen LogP contribution in [-0.2, 0) is 17.7 Å². The highest BCUT2D eigenvalue weighted by Crippen LogP contribution is 2.36. The van der Waals surface area contributed by atoms with Gasteiger partial charge in [0.25, 0.3) is 0 Å². The molecule has 0 bridgehead atoms. The highest BCUT2D eigenvalue weighted by molar-refractivity contribution is 5.33. The molecule has 166 valence electrons. The van der Waals surface area contributed by atoms with Crippen LogP contribution < -0.4 is 5.73 Å². The van der Waals surface area contributed by atoms with Crippen LogP contribution in [0.15, 0.2) is 42.6 Å². The Kier molecular flexibility index (Phi) is 6.53. The van der Waals surface area contributed by atoms with Gasteiger partial charge in [0.15, 0.2) is 0 Å². The molecule has 2 fully saturated rings. The zero-order chi connectivity index (χ0) is 21.0. The Labute approximate surface area is 186 Å². The zero-order valence-electron chi connectivity index (χ0n) is 18.6. The number of nitrogen functional groups attached to an aromatic ring is 1. The molecule has 1 aliphatic carbocycles. The minimum absolute atomic E-state index is 0.388. The van der Waals surface area contributed by atoms with Gasteiger partial charge >= 0.3 is 0 Å². The number of anilines is 1. The van der Waals surface area contributed by atoms with Crippen LogP contribution in [0.1, 0.15) is 61.3 Å². The van der Waals surface area contributed by atoms with Gasteiger partial charge in [-0.15, -0.1) is 0 Å². The van der Waals surface area contributed by atoms with Crippen LogP contribution in [0.5, 0.6) is 0 Å². The first kappa shape index (κ1) is 20.9. The molecule has 2 saturated heterocycles. The maximum atomic E-state index is 6.66. The fourth-order valence-electron chi connectivity index (χ4n) is 5.79. The Morgan fingerprint density at radius 1 is 0.968 bits per heavy atom. The van der Waals surface area contributed by atoms with Crippen molar-refractivity contribution in [2.75, 3.05) is 31.9 Å². The SMILES string of the molecule is Nc1cc(CN2CCC(OC3CCCN(C4CCCc5ccccc54)C3)CC2)ccn1. The highest BCUT2D eigenvalue weighted by atomic mass is 16.5. The first-order valence-corrected chi connectivity index (χ1v) is 12.1. The fourth-order valence-corrected chi connectivity index (χ4v) is 5.79. The smallest absolute Gasteiger partial charge is 0.123 e. The van der Waals surface area contributed by atoms with E-state index in [0.29, 0.717) is 24.1 Å². The number of nitrogens with two attached hydrogens (primary N) is 1. The van der Waals surface area contributed by atoms with E-state index in [1.807, 2.05) is 6.07 Å². The van der Waals surface area contributed by atoms with Crippen LogP contribution in [0.4, 0.5) is 5.82 Å². The molecule has 5 heteroatoms. The molecule has 1 aromatic heterocycles. The number of hydrogen-bond donors (Lipinski definition) is 1. The van der Waals surface area contributed by atoms with Crippen molar-refractivity contribution in [1.82, 2.24) is 14.8 Å². The summed E-state index contributed by atoms with van der Waals surface area (Å²) in [5.41, 5.74) is 10.2. The van der Waals surface area contributed by atoms with Crippen molar-refractivity contribution in [3.05, 3.63) is 59.3 Å². The normalized spacial score (nSPS) is 25.9. The van der Waals surface area contributed by atoms with Gasteiger partial charge in [0.2, 0.25) is 0 Å². The molecular formula is C26H36N4O. The standard InChI is InChI=1S/C26H36N4O/c27-26-17-20(10-13-28-26)18-29-15-11-22(12-16-29)31-23-7-4-14-30(19-23)25-9-3-6-21-5-1-2-8-24(21)25/h1-2,5,8,10,13,17,22-23,25H,3-4,6-7,9,11-12,14-16,18-19H2,(H2,27,28). The lowest BCUT2D eigenvalue weighted by Gasteiger charge is -2.42. The number of piperidine rings is 2. The average molecular weight is 421 g/mol. The number of aromatic nitrogens is 1. The molecule has 3 aliphatic rings. The van der Waals surface area contributed by atoms with Gasteiger partial charge in [-0.2, -0.15) is 0 Å². The van der Waals surface area contributed by atoms with Gasteiger partial charge in [0, 0.05) is 38.4 Å². The summed E-state index contributed by atoms with van der Waals surface area (Å²) in [4.78, 5) is 9.33. The number of aryl methyl sites for hydroxylation is 1. The van der Waals surface area contributed by atoms with Crippen LogP contribution >= 0.6 is 0 Å². The summed E-state index contributed by atoms with van der Waals surface area (Å²) in [6, 6.07) is 13.7. The third kappa shape index (κ3) is 5.11. The second-order valence-corrected chi connectivity index (χ2v) is 9.57. The van der Waals surface area contributed by atoms with Crippen LogP contribution in [0.3, 0.4) is 0 Å². The Hall–Kier alpha value is -1.95. The predicted molar refractivity (Wildman–Crippen MR) is 125 cm³/mol. The van der Waals surface area contributed by atoms with Crippen molar-refractivity contribution < 1.29 is 4.74 Å². The van der Waals surface area contributed by atoms with Crippen molar-refractivity contribution in [3.63, 3.8) is 0 Å². The van der Waals surface area contributed by atoms with E-state index in [9.17, 15) is 0 Å². The lowest BCUT2D eigenvalue weighted by atomic mass is 9.86. The molecule has 0 spiro atoms. The number of benzene rings is 1. The van der Waals surface area contributed by atoms with Crippen LogP contribution in [0, 0.1) is 0 Å². The molecule has 1 aromatic carbocycles. The van der Waals surface area contributed by atoms with Gasteiger partial charge < -0.3 is 10.5 Å². The number of hydrogen-bond acceptors (Lipinski definition) is 5. The van der Waals surface area contributed by atoms with Gasteiger partial charge in [0.1, 0.15) is 5.82 Å². The second kappa shape index (κ2) is 9.68. The minimum Gasteiger partial charge on any atom is -0.384 e. The van der Waals surface area contributed by atoms with Crippen molar-refractivity contribution in [3.8, 4) is 0 Å². The number of fused-ring (bicyclic) bond motifs is 1. The monoisotopic (exact) mass is 420 g/mol. The molecule has 2 aliphatic heterocycles. The second-order valence-electron chi connectivity index (χ2n) is 9.57. The third-order valence-electron chi connectivity index (χ3n) is 7.36. The molecule has 0 radical (unpaired) electrons. The topological polar surface area (TPSA) is 54.6 Å². The molecule has 5 nitrogen and oxygen atoms in total. The first-order valence-electron chi connectivity index (χ1n) is 12.1. The zero-order valence-corrected chi connectivity index (χ0v) is 18.6. The summed E-state index contributed by atoms with van der Waals surface area (Å²) < 4.78 is 6.66. The minimum atomic E-state index is 0.388. The summed E-state index contributed by atoms with van der Waals surface area (Å²) >= 11 is 0. The Morgan fingerprint density at radius 2 is 1.84 bits per heavy atom. The summed E-state index contributed by atoms with van der Waals surface area (Å²) in [5.74, 6) is 0.609. The molecule has 2 atom stereocenters. The molecule has 5 rings (SSSR count). The lowest BCUT2D eigenvalue weighted by Crippen LogP contribution is -2.45. The van der Waals surface area contributed by atoms with Crippen LogP contribution in [-0.4, -0.2) is 53.2 Å². The number of ether oxygens (including phenoxy) is 1. The van der Waals surface area contributed by atoms with E-state index in [-0.39, 0.29) is 0 Å². The molecular weight excluding hydrogens is 384 g/mol. The molecule has 2 aromatic rings. The largest absolute Gasteiger partial charge is 0.384 e. The van der Waals surface area contributed by atoms with Gasteiger partial charge in [-0.1, -0.05) is 24.3 Å². The summed E-state index contributed by atoms with van der Waals surface area (Å²) in [5, 5.41) is 0. The van der Waals surface area contributed by atoms with Crippen LogP contribution in [0.2, 0.25) is 0 Å². The maximum Gasteiger partial charge on any atom is 0.123 e. The summed E-state index contributed by atoms with van der Waals surface area (Å²) in [6.07, 6.45) is 11.2. The van der Waals surface area contributed by atoms with E-state index in [1.165, 1.54) is 44.2 Å². The summed E-state index contributed by atoms with van der Waals surface area (Å²) in [6.45, 7) is 5.46. The Bertz CT molecular complexity index is 864. The first-order chi connectivity index (χ1) is 15.2. The van der Waals surface area contributed by atoms with E-state index in [4.69, 9.17) is 10.5 Å². The van der Waals surface area contributed by atoms with Crippen molar-refractivity contribution in [2.45, 2.75) is 69.7 Å². The van der Waals surface area contributed by atoms with E-state index in [1.54, 1.807) is 17.3 Å².